The molecule has 1 amide bonds. The maximum Gasteiger partial charge on any atom is 0.270 e. The molecule has 0 aliphatic carbocycles. The summed E-state index contributed by atoms with van der Waals surface area (Å²) in [6.07, 6.45) is 0. The van der Waals surface area contributed by atoms with E-state index in [1.807, 2.05) is 0 Å². The molecule has 0 aliphatic rings. The lowest BCUT2D eigenvalue weighted by Crippen LogP contribution is -2.27. The van der Waals surface area contributed by atoms with E-state index in [-0.39, 0.29) is 17.8 Å². The molecule has 0 bridgehead atoms. The number of fused-ring (bicyclic) bond motifs is 1. The van der Waals surface area contributed by atoms with Crippen LogP contribution in [-0.2, 0) is 11.3 Å². The van der Waals surface area contributed by atoms with Crippen molar-refractivity contribution in [3.8, 4) is 0 Å². The Morgan fingerprint density at radius 2 is 1.92 bits per heavy atom. The lowest BCUT2D eigenvalue weighted by molar-refractivity contribution is -0.384. The number of hydrogen-bond acceptors (Lipinski definition) is 4. The van der Waals surface area contributed by atoms with Crippen molar-refractivity contribution in [1.29, 1.82) is 0 Å². The predicted octanol–water partition coefficient (Wildman–Crippen LogP) is 3.20. The van der Waals surface area contributed by atoms with Crippen molar-refractivity contribution in [1.82, 2.24) is 4.57 Å². The average molecular weight is 358 g/mol. The van der Waals surface area contributed by atoms with Crippen LogP contribution in [0.15, 0.2) is 59.4 Å². The maximum absolute atomic E-state index is 12.3. The van der Waals surface area contributed by atoms with E-state index in [9.17, 15) is 19.7 Å². The molecule has 0 fully saturated rings. The number of hydrogen-bond donors (Lipinski definition) is 1. The first kappa shape index (κ1) is 16.7. The lowest BCUT2D eigenvalue weighted by Gasteiger charge is -2.11. The highest BCUT2D eigenvalue weighted by molar-refractivity contribution is 6.33. The molecule has 0 atom stereocenters. The third kappa shape index (κ3) is 3.51. The van der Waals surface area contributed by atoms with Crippen molar-refractivity contribution in [2.45, 2.75) is 6.54 Å². The largest absolute Gasteiger partial charge is 0.323 e. The number of anilines is 1. The van der Waals surface area contributed by atoms with Crippen LogP contribution >= 0.6 is 11.6 Å². The topological polar surface area (TPSA) is 94.2 Å². The molecule has 2 aromatic carbocycles. The number of nitro groups is 1. The molecule has 0 saturated carbocycles. The van der Waals surface area contributed by atoms with Gasteiger partial charge < -0.3 is 5.32 Å². The number of rotatable bonds is 4. The predicted molar refractivity (Wildman–Crippen MR) is 94.9 cm³/mol. The summed E-state index contributed by atoms with van der Waals surface area (Å²) in [7, 11) is 0. The summed E-state index contributed by atoms with van der Waals surface area (Å²) < 4.78 is 1.26. The van der Waals surface area contributed by atoms with Gasteiger partial charge in [0.2, 0.25) is 5.91 Å². The number of halogens is 1. The number of nitro benzene ring substituents is 1. The summed E-state index contributed by atoms with van der Waals surface area (Å²) in [6.45, 7) is -0.237. The zero-order valence-electron chi connectivity index (χ0n) is 12.8. The second kappa shape index (κ2) is 6.74. The van der Waals surface area contributed by atoms with Gasteiger partial charge in [-0.1, -0.05) is 23.7 Å². The van der Waals surface area contributed by atoms with Gasteiger partial charge in [-0.25, -0.2) is 0 Å². The highest BCUT2D eigenvalue weighted by atomic mass is 35.5. The van der Waals surface area contributed by atoms with Gasteiger partial charge in [0, 0.05) is 23.6 Å². The Morgan fingerprint density at radius 3 is 2.64 bits per heavy atom. The first-order valence-electron chi connectivity index (χ1n) is 7.28. The molecule has 3 rings (SSSR count). The minimum absolute atomic E-state index is 0.0850. The number of nitrogens with zero attached hydrogens (tertiary/aromatic N) is 2. The molecule has 7 nitrogen and oxygen atoms in total. The Labute approximate surface area is 146 Å². The molecular formula is C17H12ClN3O4. The second-order valence-corrected chi connectivity index (χ2v) is 5.69. The summed E-state index contributed by atoms with van der Waals surface area (Å²) in [4.78, 5) is 34.8. The van der Waals surface area contributed by atoms with Crippen LogP contribution in [-0.4, -0.2) is 15.4 Å². The molecule has 1 aromatic heterocycles. The van der Waals surface area contributed by atoms with Crippen LogP contribution in [0.1, 0.15) is 0 Å². The molecule has 25 heavy (non-hydrogen) atoms. The Bertz CT molecular complexity index is 1050. The molecule has 3 aromatic rings. The third-order valence-electron chi connectivity index (χ3n) is 3.63. The van der Waals surface area contributed by atoms with Crippen LogP contribution in [0.25, 0.3) is 10.9 Å². The number of aromatic nitrogens is 1. The van der Waals surface area contributed by atoms with E-state index in [0.717, 1.165) is 0 Å². The van der Waals surface area contributed by atoms with E-state index in [1.165, 1.54) is 34.9 Å². The fourth-order valence-electron chi connectivity index (χ4n) is 2.46. The Morgan fingerprint density at radius 1 is 1.16 bits per heavy atom. The van der Waals surface area contributed by atoms with Crippen molar-refractivity contribution < 1.29 is 9.72 Å². The van der Waals surface area contributed by atoms with Crippen LogP contribution in [0.3, 0.4) is 0 Å². The molecule has 0 saturated heterocycles. The zero-order chi connectivity index (χ0) is 18.0. The van der Waals surface area contributed by atoms with Crippen molar-refractivity contribution in [3.05, 3.63) is 80.1 Å². The van der Waals surface area contributed by atoms with E-state index in [0.29, 0.717) is 21.6 Å². The van der Waals surface area contributed by atoms with Crippen molar-refractivity contribution in [3.63, 3.8) is 0 Å². The van der Waals surface area contributed by atoms with E-state index in [1.54, 1.807) is 24.3 Å². The SMILES string of the molecule is O=C(Cn1c(=O)ccc2cc([N+](=O)[O-])ccc21)Nc1ccccc1Cl. The summed E-state index contributed by atoms with van der Waals surface area (Å²) >= 11 is 6.00. The lowest BCUT2D eigenvalue weighted by atomic mass is 10.2. The van der Waals surface area contributed by atoms with Gasteiger partial charge in [-0.15, -0.1) is 0 Å². The summed E-state index contributed by atoms with van der Waals surface area (Å²) in [5, 5.41) is 14.4. The number of carbonyl (C=O) groups excluding carboxylic acids is 1. The molecule has 0 radical (unpaired) electrons. The average Bonchev–Trinajstić information content (AvgIpc) is 2.59. The monoisotopic (exact) mass is 357 g/mol. The van der Waals surface area contributed by atoms with Gasteiger partial charge in [0.25, 0.3) is 11.2 Å². The second-order valence-electron chi connectivity index (χ2n) is 5.29. The number of non-ortho nitro benzene ring substituents is 1. The Kier molecular flexibility index (Phi) is 4.49. The number of para-hydroxylation sites is 1. The zero-order valence-corrected chi connectivity index (χ0v) is 13.6. The molecular weight excluding hydrogens is 346 g/mol. The van der Waals surface area contributed by atoms with Gasteiger partial charge in [0.1, 0.15) is 6.54 Å². The number of pyridine rings is 1. The molecule has 1 heterocycles. The van der Waals surface area contributed by atoms with Crippen LogP contribution in [0.5, 0.6) is 0 Å². The Hall–Kier alpha value is -3.19. The van der Waals surface area contributed by atoms with E-state index >= 15 is 0 Å². The molecule has 8 heteroatoms. The number of benzene rings is 2. The fraction of sp³-hybridized carbons (Fsp3) is 0.0588. The standard InChI is InChI=1S/C17H12ClN3O4/c18-13-3-1-2-4-14(13)19-16(22)10-20-15-7-6-12(21(24)25)9-11(15)5-8-17(20)23/h1-9H,10H2,(H,19,22). The first-order valence-corrected chi connectivity index (χ1v) is 7.66. The number of nitrogens with one attached hydrogen (secondary N) is 1. The number of carbonyl (C=O) groups is 1. The van der Waals surface area contributed by atoms with E-state index in [2.05, 4.69) is 5.32 Å². The smallest absolute Gasteiger partial charge is 0.270 e. The molecule has 126 valence electrons. The highest BCUT2D eigenvalue weighted by Gasteiger charge is 2.12. The van der Waals surface area contributed by atoms with Crippen LogP contribution in [0.2, 0.25) is 5.02 Å². The third-order valence-corrected chi connectivity index (χ3v) is 3.96. The quantitative estimate of drug-likeness (QED) is 0.573. The van der Waals surface area contributed by atoms with Gasteiger partial charge in [-0.05, 0) is 24.3 Å². The van der Waals surface area contributed by atoms with Gasteiger partial charge in [0.15, 0.2) is 0 Å². The van der Waals surface area contributed by atoms with Crippen molar-refractivity contribution >= 4 is 39.8 Å². The fourth-order valence-corrected chi connectivity index (χ4v) is 2.65. The van der Waals surface area contributed by atoms with E-state index < -0.39 is 10.8 Å². The van der Waals surface area contributed by atoms with Crippen LogP contribution in [0.4, 0.5) is 11.4 Å². The first-order chi connectivity index (χ1) is 12.0. The molecule has 0 unspecified atom stereocenters. The van der Waals surface area contributed by atoms with Crippen LogP contribution in [0, 0.1) is 10.1 Å². The minimum Gasteiger partial charge on any atom is -0.323 e. The van der Waals surface area contributed by atoms with Crippen molar-refractivity contribution in [2.75, 3.05) is 5.32 Å². The normalized spacial score (nSPS) is 10.6. The van der Waals surface area contributed by atoms with Gasteiger partial charge in [-0.2, -0.15) is 0 Å². The summed E-state index contributed by atoms with van der Waals surface area (Å²) in [5.41, 5.74) is 0.416. The van der Waals surface area contributed by atoms with Gasteiger partial charge >= 0.3 is 0 Å². The Balaban J connectivity index is 1.94. The maximum atomic E-state index is 12.3. The summed E-state index contributed by atoms with van der Waals surface area (Å²) in [5.74, 6) is -0.430. The molecule has 0 spiro atoms. The van der Waals surface area contributed by atoms with E-state index in [4.69, 9.17) is 11.6 Å². The van der Waals surface area contributed by atoms with Crippen molar-refractivity contribution in [2.24, 2.45) is 0 Å². The highest BCUT2D eigenvalue weighted by Crippen LogP contribution is 2.21. The molecule has 1 N–H and O–H groups in total. The summed E-state index contributed by atoms with van der Waals surface area (Å²) in [6, 6.07) is 13.6. The van der Waals surface area contributed by atoms with Gasteiger partial charge in [0.05, 0.1) is 21.2 Å². The number of amides is 1. The minimum atomic E-state index is -0.515. The molecule has 0 aliphatic heterocycles. The van der Waals surface area contributed by atoms with Crippen LogP contribution < -0.4 is 10.9 Å². The van der Waals surface area contributed by atoms with Gasteiger partial charge in [-0.3, -0.25) is 24.3 Å².